The second-order valence-corrected chi connectivity index (χ2v) is 11.1. The van der Waals surface area contributed by atoms with E-state index >= 15 is 0 Å². The van der Waals surface area contributed by atoms with Crippen molar-refractivity contribution in [2.24, 2.45) is 0 Å². The fraction of sp³-hybridized carbons (Fsp3) is 0.276. The van der Waals surface area contributed by atoms with E-state index in [2.05, 4.69) is 71.6 Å². The van der Waals surface area contributed by atoms with Gasteiger partial charge in [-0.25, -0.2) is 4.39 Å². The van der Waals surface area contributed by atoms with Crippen molar-refractivity contribution in [3.05, 3.63) is 105 Å². The molecule has 1 aliphatic carbocycles. The SMILES string of the molecule is CC(C)(C)c1ccc(C2CC(=O)C3=C(C2)Nc2ccccc2NC3c2ccc(F)c(Br)c2)cc1. The van der Waals surface area contributed by atoms with Gasteiger partial charge in [-0.05, 0) is 74.6 Å². The number of Topliss-reactive ketones (excluding diaryl/α,β-unsaturated/α-hetero) is 1. The number of fused-ring (bicyclic) bond motifs is 1. The number of allylic oxidation sites excluding steroid dienone is 1. The Morgan fingerprint density at radius 2 is 1.59 bits per heavy atom. The van der Waals surface area contributed by atoms with Gasteiger partial charge in [0.25, 0.3) is 0 Å². The van der Waals surface area contributed by atoms with E-state index in [0.29, 0.717) is 10.9 Å². The molecule has 0 amide bonds. The Bertz CT molecular complexity index is 1290. The zero-order chi connectivity index (χ0) is 24.0. The molecule has 5 heteroatoms. The monoisotopic (exact) mass is 518 g/mol. The quantitative estimate of drug-likeness (QED) is 0.362. The van der Waals surface area contributed by atoms with Crippen LogP contribution in [0.25, 0.3) is 0 Å². The lowest BCUT2D eigenvalue weighted by Crippen LogP contribution is -2.27. The third-order valence-corrected chi connectivity index (χ3v) is 7.44. The summed E-state index contributed by atoms with van der Waals surface area (Å²) in [6.07, 6.45) is 1.19. The van der Waals surface area contributed by atoms with E-state index in [4.69, 9.17) is 0 Å². The van der Waals surface area contributed by atoms with Crippen LogP contribution < -0.4 is 10.6 Å². The van der Waals surface area contributed by atoms with Gasteiger partial charge >= 0.3 is 0 Å². The predicted octanol–water partition coefficient (Wildman–Crippen LogP) is 7.87. The number of rotatable bonds is 2. The van der Waals surface area contributed by atoms with Gasteiger partial charge in [-0.15, -0.1) is 0 Å². The molecule has 0 radical (unpaired) electrons. The Morgan fingerprint density at radius 1 is 0.912 bits per heavy atom. The lowest BCUT2D eigenvalue weighted by atomic mass is 9.77. The molecule has 0 aromatic heterocycles. The molecule has 0 saturated heterocycles. The van der Waals surface area contributed by atoms with Gasteiger partial charge in [0.15, 0.2) is 5.78 Å². The topological polar surface area (TPSA) is 41.1 Å². The standard InChI is InChI=1S/C29H28BrFN2O/c1-29(2,3)20-11-8-17(9-12-20)19-15-25-27(26(34)16-19)28(18-10-13-22(31)21(30)14-18)33-24-7-5-4-6-23(24)32-25/h4-14,19,28,32-33H,15-16H2,1-3H3. The number of hydrogen-bond donors (Lipinski definition) is 2. The summed E-state index contributed by atoms with van der Waals surface area (Å²) in [6.45, 7) is 6.62. The first-order valence-corrected chi connectivity index (χ1v) is 12.4. The fourth-order valence-corrected chi connectivity index (χ4v) is 5.32. The highest BCUT2D eigenvalue weighted by atomic mass is 79.9. The van der Waals surface area contributed by atoms with Gasteiger partial charge in [-0.3, -0.25) is 4.79 Å². The van der Waals surface area contributed by atoms with Crippen LogP contribution in [0.15, 0.2) is 82.5 Å². The smallest absolute Gasteiger partial charge is 0.163 e. The molecule has 0 spiro atoms. The van der Waals surface area contributed by atoms with Crippen LogP contribution in [0.4, 0.5) is 15.8 Å². The minimum atomic E-state index is -0.361. The summed E-state index contributed by atoms with van der Waals surface area (Å²) in [7, 11) is 0. The van der Waals surface area contributed by atoms with E-state index < -0.39 is 0 Å². The molecule has 3 aromatic carbocycles. The molecule has 0 fully saturated rings. The van der Waals surface area contributed by atoms with Gasteiger partial charge in [0.05, 0.1) is 21.9 Å². The maximum atomic E-state index is 14.0. The Hall–Kier alpha value is -2.92. The maximum Gasteiger partial charge on any atom is 0.163 e. The molecule has 1 aliphatic heterocycles. The molecule has 3 aromatic rings. The van der Waals surface area contributed by atoms with Gasteiger partial charge in [0.2, 0.25) is 0 Å². The van der Waals surface area contributed by atoms with E-state index in [1.54, 1.807) is 12.1 Å². The molecule has 2 unspecified atom stereocenters. The van der Waals surface area contributed by atoms with Crippen LogP contribution in [0, 0.1) is 5.82 Å². The third-order valence-electron chi connectivity index (χ3n) is 6.83. The van der Waals surface area contributed by atoms with E-state index in [0.717, 1.165) is 34.6 Å². The summed E-state index contributed by atoms with van der Waals surface area (Å²) < 4.78 is 14.4. The lowest BCUT2D eigenvalue weighted by molar-refractivity contribution is -0.116. The highest BCUT2D eigenvalue weighted by Crippen LogP contribution is 2.44. The number of nitrogens with one attached hydrogen (secondary N) is 2. The highest BCUT2D eigenvalue weighted by Gasteiger charge is 2.36. The van der Waals surface area contributed by atoms with Crippen LogP contribution in [0.1, 0.15) is 62.3 Å². The largest absolute Gasteiger partial charge is 0.372 e. The Labute approximate surface area is 208 Å². The third kappa shape index (κ3) is 4.29. The maximum absolute atomic E-state index is 14.0. The molecule has 3 nitrogen and oxygen atoms in total. The van der Waals surface area contributed by atoms with E-state index in [1.165, 1.54) is 17.2 Å². The fourth-order valence-electron chi connectivity index (χ4n) is 4.93. The van der Waals surface area contributed by atoms with Gasteiger partial charge in [0.1, 0.15) is 5.82 Å². The average molecular weight is 519 g/mol. The second kappa shape index (κ2) is 8.70. The number of ketones is 1. The molecule has 2 atom stereocenters. The molecule has 0 saturated carbocycles. The van der Waals surface area contributed by atoms with Gasteiger partial charge < -0.3 is 10.6 Å². The van der Waals surface area contributed by atoms with Crippen molar-refractivity contribution in [2.45, 2.75) is 51.0 Å². The second-order valence-electron chi connectivity index (χ2n) is 10.2. The summed E-state index contributed by atoms with van der Waals surface area (Å²) in [4.78, 5) is 13.7. The zero-order valence-corrected chi connectivity index (χ0v) is 21.2. The number of anilines is 2. The number of carbonyl (C=O) groups excluding carboxylic acids is 1. The predicted molar refractivity (Wildman–Crippen MR) is 140 cm³/mol. The van der Waals surface area contributed by atoms with Gasteiger partial charge in [0, 0.05) is 17.7 Å². The van der Waals surface area contributed by atoms with Crippen LogP contribution in [-0.4, -0.2) is 5.78 Å². The van der Waals surface area contributed by atoms with Crippen molar-refractivity contribution >= 4 is 33.1 Å². The van der Waals surface area contributed by atoms with Crippen molar-refractivity contribution in [1.29, 1.82) is 0 Å². The minimum Gasteiger partial charge on any atom is -0.372 e. The molecular formula is C29H28BrFN2O. The average Bonchev–Trinajstić information content (AvgIpc) is 2.97. The van der Waals surface area contributed by atoms with Crippen LogP contribution in [0.2, 0.25) is 0 Å². The minimum absolute atomic E-state index is 0.0888. The summed E-state index contributed by atoms with van der Waals surface area (Å²) in [5.41, 5.74) is 6.93. The molecule has 2 aliphatic rings. The summed E-state index contributed by atoms with van der Waals surface area (Å²) in [5.74, 6) is -0.0955. The highest BCUT2D eigenvalue weighted by molar-refractivity contribution is 9.10. The number of para-hydroxylation sites is 2. The zero-order valence-electron chi connectivity index (χ0n) is 19.6. The van der Waals surface area contributed by atoms with Crippen molar-refractivity contribution in [1.82, 2.24) is 0 Å². The summed E-state index contributed by atoms with van der Waals surface area (Å²) in [6, 6.07) is 21.3. The molecule has 174 valence electrons. The molecule has 2 N–H and O–H groups in total. The first-order valence-electron chi connectivity index (χ1n) is 11.6. The van der Waals surface area contributed by atoms with E-state index in [9.17, 15) is 9.18 Å². The van der Waals surface area contributed by atoms with E-state index in [-0.39, 0.29) is 29.0 Å². The van der Waals surface area contributed by atoms with Crippen molar-refractivity contribution in [3.63, 3.8) is 0 Å². The number of hydrogen-bond acceptors (Lipinski definition) is 3. The normalized spacial score (nSPS) is 20.1. The van der Waals surface area contributed by atoms with Crippen LogP contribution in [0.5, 0.6) is 0 Å². The molecular weight excluding hydrogens is 491 g/mol. The number of benzene rings is 3. The van der Waals surface area contributed by atoms with Crippen LogP contribution in [-0.2, 0) is 10.2 Å². The number of carbonyl (C=O) groups is 1. The first-order chi connectivity index (χ1) is 16.2. The van der Waals surface area contributed by atoms with Crippen molar-refractivity contribution in [3.8, 4) is 0 Å². The van der Waals surface area contributed by atoms with E-state index in [1.807, 2.05) is 24.3 Å². The summed E-state index contributed by atoms with van der Waals surface area (Å²) >= 11 is 3.31. The Morgan fingerprint density at radius 3 is 2.26 bits per heavy atom. The molecule has 5 rings (SSSR count). The van der Waals surface area contributed by atoms with Crippen LogP contribution >= 0.6 is 15.9 Å². The van der Waals surface area contributed by atoms with Crippen molar-refractivity contribution < 1.29 is 9.18 Å². The first kappa shape index (κ1) is 22.9. The molecule has 1 heterocycles. The summed E-state index contributed by atoms with van der Waals surface area (Å²) in [5, 5.41) is 7.11. The molecule has 34 heavy (non-hydrogen) atoms. The Balaban J connectivity index is 1.56. The Kier molecular flexibility index (Phi) is 5.85. The van der Waals surface area contributed by atoms with Crippen molar-refractivity contribution in [2.75, 3.05) is 10.6 Å². The van der Waals surface area contributed by atoms with Gasteiger partial charge in [-0.1, -0.05) is 63.2 Å². The van der Waals surface area contributed by atoms with Gasteiger partial charge in [-0.2, -0.15) is 0 Å². The lowest BCUT2D eigenvalue weighted by Gasteiger charge is -2.30. The number of halogens is 2. The van der Waals surface area contributed by atoms with Crippen LogP contribution in [0.3, 0.4) is 0 Å². The molecule has 0 bridgehead atoms.